The van der Waals surface area contributed by atoms with E-state index in [1.54, 1.807) is 12.1 Å². The van der Waals surface area contributed by atoms with Gasteiger partial charge in [-0.1, -0.05) is 6.07 Å². The number of halogens is 1. The molecular formula is C8H10BrNO3. The van der Waals surface area contributed by atoms with E-state index in [2.05, 4.69) is 15.9 Å². The first-order valence-corrected chi connectivity index (χ1v) is 4.41. The summed E-state index contributed by atoms with van der Waals surface area (Å²) in [6.07, 6.45) is 0. The maximum atomic E-state index is 9.52. The van der Waals surface area contributed by atoms with Crippen LogP contribution in [0.4, 0.5) is 0 Å². The molecule has 0 aliphatic rings. The highest BCUT2D eigenvalue weighted by Gasteiger charge is 2.10. The van der Waals surface area contributed by atoms with Gasteiger partial charge in [0.05, 0.1) is 11.6 Å². The number of hydroxylamine groups is 1. The fourth-order valence-electron chi connectivity index (χ4n) is 1.04. The van der Waals surface area contributed by atoms with E-state index in [1.807, 2.05) is 5.48 Å². The molecule has 0 atom stereocenters. The first-order valence-electron chi connectivity index (χ1n) is 3.62. The predicted octanol–water partition coefficient (Wildman–Crippen LogP) is 1.64. The van der Waals surface area contributed by atoms with Crippen molar-refractivity contribution in [1.82, 2.24) is 5.48 Å². The normalized spacial score (nSPS) is 10.1. The number of rotatable bonds is 3. The van der Waals surface area contributed by atoms with E-state index in [0.717, 1.165) is 0 Å². The molecule has 0 heterocycles. The highest BCUT2D eigenvalue weighted by molar-refractivity contribution is 9.10. The van der Waals surface area contributed by atoms with Crippen molar-refractivity contribution in [2.24, 2.45) is 0 Å². The van der Waals surface area contributed by atoms with E-state index >= 15 is 0 Å². The Morgan fingerprint density at radius 3 is 2.77 bits per heavy atom. The second-order valence-electron chi connectivity index (χ2n) is 2.42. The number of nitrogens with one attached hydrogen (secondary N) is 1. The molecule has 0 aliphatic carbocycles. The first kappa shape index (κ1) is 10.3. The van der Waals surface area contributed by atoms with Gasteiger partial charge in [-0.25, -0.2) is 5.48 Å². The Balaban J connectivity index is 3.13. The van der Waals surface area contributed by atoms with E-state index in [-0.39, 0.29) is 12.3 Å². The molecule has 3 N–H and O–H groups in total. The standard InChI is InChI=1S/C8H10BrNO3/c1-13-8-5(4-10-12)2-3-6(9)7(8)11/h2-3,10-12H,4H2,1H3. The lowest BCUT2D eigenvalue weighted by Gasteiger charge is -2.10. The van der Waals surface area contributed by atoms with Crippen molar-refractivity contribution in [2.75, 3.05) is 7.11 Å². The molecule has 0 fully saturated rings. The summed E-state index contributed by atoms with van der Waals surface area (Å²) in [5, 5.41) is 18.0. The van der Waals surface area contributed by atoms with E-state index in [4.69, 9.17) is 9.94 Å². The highest BCUT2D eigenvalue weighted by Crippen LogP contribution is 2.36. The van der Waals surface area contributed by atoms with Crippen molar-refractivity contribution in [3.63, 3.8) is 0 Å². The molecule has 1 rings (SSSR count). The Hall–Kier alpha value is -0.780. The molecule has 0 unspecified atom stereocenters. The Morgan fingerprint density at radius 2 is 2.23 bits per heavy atom. The second kappa shape index (κ2) is 4.45. The Bertz CT molecular complexity index is 304. The van der Waals surface area contributed by atoms with Crippen LogP contribution in [0, 0.1) is 0 Å². The molecule has 0 bridgehead atoms. The maximum absolute atomic E-state index is 9.52. The van der Waals surface area contributed by atoms with Gasteiger partial charge in [0.15, 0.2) is 11.5 Å². The van der Waals surface area contributed by atoms with Gasteiger partial charge in [-0.05, 0) is 22.0 Å². The second-order valence-corrected chi connectivity index (χ2v) is 3.28. The Morgan fingerprint density at radius 1 is 1.54 bits per heavy atom. The highest BCUT2D eigenvalue weighted by atomic mass is 79.9. The molecule has 1 aromatic rings. The largest absolute Gasteiger partial charge is 0.503 e. The smallest absolute Gasteiger partial charge is 0.172 e. The lowest BCUT2D eigenvalue weighted by Crippen LogP contribution is -2.07. The van der Waals surface area contributed by atoms with Crippen molar-refractivity contribution in [2.45, 2.75) is 6.54 Å². The number of phenols is 1. The van der Waals surface area contributed by atoms with Crippen LogP contribution < -0.4 is 10.2 Å². The molecule has 1 aromatic carbocycles. The lowest BCUT2D eigenvalue weighted by atomic mass is 10.2. The quantitative estimate of drug-likeness (QED) is 0.711. The van der Waals surface area contributed by atoms with Gasteiger partial charge in [0.1, 0.15) is 0 Å². The Labute approximate surface area is 84.2 Å². The number of hydrogen-bond acceptors (Lipinski definition) is 4. The lowest BCUT2D eigenvalue weighted by molar-refractivity contribution is 0.160. The summed E-state index contributed by atoms with van der Waals surface area (Å²) in [5.74, 6) is 0.395. The minimum absolute atomic E-state index is 0.0373. The summed E-state index contributed by atoms with van der Waals surface area (Å²) in [6, 6.07) is 3.43. The predicted molar refractivity (Wildman–Crippen MR) is 51.0 cm³/mol. The van der Waals surface area contributed by atoms with Crippen molar-refractivity contribution in [1.29, 1.82) is 0 Å². The van der Waals surface area contributed by atoms with Crippen LogP contribution in [-0.2, 0) is 6.54 Å². The maximum Gasteiger partial charge on any atom is 0.172 e. The van der Waals surface area contributed by atoms with Crippen LogP contribution >= 0.6 is 15.9 Å². The van der Waals surface area contributed by atoms with Gasteiger partial charge < -0.3 is 15.1 Å². The van der Waals surface area contributed by atoms with Gasteiger partial charge >= 0.3 is 0 Å². The van der Waals surface area contributed by atoms with Crippen molar-refractivity contribution in [3.05, 3.63) is 22.2 Å². The topological polar surface area (TPSA) is 61.7 Å². The summed E-state index contributed by atoms with van der Waals surface area (Å²) in [7, 11) is 1.46. The summed E-state index contributed by atoms with van der Waals surface area (Å²) in [5.41, 5.74) is 2.68. The van der Waals surface area contributed by atoms with Crippen LogP contribution in [0.2, 0.25) is 0 Å². The van der Waals surface area contributed by atoms with Crippen molar-refractivity contribution < 1.29 is 15.1 Å². The summed E-state index contributed by atoms with van der Waals surface area (Å²) < 4.78 is 5.54. The first-order chi connectivity index (χ1) is 6.20. The van der Waals surface area contributed by atoms with Crippen molar-refractivity contribution in [3.8, 4) is 11.5 Å². The zero-order chi connectivity index (χ0) is 9.84. The number of hydrogen-bond donors (Lipinski definition) is 3. The molecule has 0 radical (unpaired) electrons. The van der Waals surface area contributed by atoms with Crippen LogP contribution in [0.25, 0.3) is 0 Å². The SMILES string of the molecule is COc1c(CNO)ccc(Br)c1O. The molecule has 0 spiro atoms. The fraction of sp³-hybridized carbons (Fsp3) is 0.250. The minimum Gasteiger partial charge on any atom is -0.503 e. The number of methoxy groups -OCH3 is 1. The van der Waals surface area contributed by atoms with Gasteiger partial charge in [0.2, 0.25) is 0 Å². The zero-order valence-electron chi connectivity index (χ0n) is 7.04. The van der Waals surface area contributed by atoms with Crippen LogP contribution in [0.15, 0.2) is 16.6 Å². The molecule has 0 amide bonds. The van der Waals surface area contributed by atoms with Gasteiger partial charge in [0, 0.05) is 12.1 Å². The molecule has 0 saturated carbocycles. The van der Waals surface area contributed by atoms with Gasteiger partial charge in [-0.2, -0.15) is 0 Å². The van der Waals surface area contributed by atoms with Gasteiger partial charge in [0.25, 0.3) is 0 Å². The molecule has 4 nitrogen and oxygen atoms in total. The van der Waals surface area contributed by atoms with Crippen LogP contribution in [0.3, 0.4) is 0 Å². The van der Waals surface area contributed by atoms with E-state index in [0.29, 0.717) is 15.8 Å². The molecule has 0 aromatic heterocycles. The monoisotopic (exact) mass is 247 g/mol. The number of ether oxygens (including phenoxy) is 1. The van der Waals surface area contributed by atoms with Crippen molar-refractivity contribution >= 4 is 15.9 Å². The fourth-order valence-corrected chi connectivity index (χ4v) is 1.35. The third kappa shape index (κ3) is 2.12. The number of benzene rings is 1. The number of phenolic OH excluding ortho intramolecular Hbond substituents is 1. The molecular weight excluding hydrogens is 238 g/mol. The third-order valence-corrected chi connectivity index (χ3v) is 2.28. The average molecular weight is 248 g/mol. The van der Waals surface area contributed by atoms with Gasteiger partial charge in [-0.3, -0.25) is 0 Å². The molecule has 72 valence electrons. The third-order valence-electron chi connectivity index (χ3n) is 1.64. The zero-order valence-corrected chi connectivity index (χ0v) is 8.63. The summed E-state index contributed by atoms with van der Waals surface area (Å²) >= 11 is 3.16. The summed E-state index contributed by atoms with van der Waals surface area (Å²) in [4.78, 5) is 0. The molecule has 0 saturated heterocycles. The van der Waals surface area contributed by atoms with Crippen LogP contribution in [-0.4, -0.2) is 17.4 Å². The molecule has 13 heavy (non-hydrogen) atoms. The van der Waals surface area contributed by atoms with Crippen LogP contribution in [0.1, 0.15) is 5.56 Å². The van der Waals surface area contributed by atoms with Crippen LogP contribution in [0.5, 0.6) is 11.5 Å². The minimum atomic E-state index is 0.0373. The molecule has 5 heteroatoms. The molecule has 0 aliphatic heterocycles. The number of aromatic hydroxyl groups is 1. The van der Waals surface area contributed by atoms with E-state index in [9.17, 15) is 5.11 Å². The average Bonchev–Trinajstić information content (AvgIpc) is 2.12. The van der Waals surface area contributed by atoms with E-state index < -0.39 is 0 Å². The Kier molecular flexibility index (Phi) is 3.53. The van der Waals surface area contributed by atoms with E-state index in [1.165, 1.54) is 7.11 Å². The summed E-state index contributed by atoms with van der Waals surface area (Å²) in [6.45, 7) is 0.226. The van der Waals surface area contributed by atoms with Gasteiger partial charge in [-0.15, -0.1) is 0 Å².